The van der Waals surface area contributed by atoms with Crippen LogP contribution in [0.4, 0.5) is 0 Å². The molecule has 1 aromatic carbocycles. The number of fused-ring (bicyclic) bond motifs is 1. The molecule has 0 atom stereocenters. The Kier molecular flexibility index (Phi) is 5.60. The van der Waals surface area contributed by atoms with E-state index >= 15 is 0 Å². The maximum Gasteiger partial charge on any atom is 0.242 e. The van der Waals surface area contributed by atoms with Crippen LogP contribution in [0.2, 0.25) is 0 Å². The lowest BCUT2D eigenvalue weighted by Gasteiger charge is -2.10. The molecule has 0 spiro atoms. The molecule has 0 saturated carbocycles. The minimum absolute atomic E-state index is 0.101. The molecule has 5 aromatic rings. The maximum absolute atomic E-state index is 12.9. The molecule has 0 bridgehead atoms. The van der Waals surface area contributed by atoms with Crippen LogP contribution in [0, 0.1) is 0 Å². The summed E-state index contributed by atoms with van der Waals surface area (Å²) in [6, 6.07) is 16.9. The number of nitrogens with zero attached hydrogens (tertiary/aromatic N) is 4. The third-order valence-electron chi connectivity index (χ3n) is 5.28. The summed E-state index contributed by atoms with van der Waals surface area (Å²) in [5, 5.41) is 0.962. The minimum atomic E-state index is -3.74. The van der Waals surface area contributed by atoms with Crippen molar-refractivity contribution in [3.8, 4) is 22.3 Å². The van der Waals surface area contributed by atoms with Crippen molar-refractivity contribution in [2.24, 2.45) is 0 Å². The largest absolute Gasteiger partial charge is 0.265 e. The number of hydrogen-bond acceptors (Lipinski definition) is 6. The van der Waals surface area contributed by atoms with E-state index in [0.717, 1.165) is 33.2 Å². The van der Waals surface area contributed by atoms with Crippen LogP contribution in [0.5, 0.6) is 0 Å². The minimum Gasteiger partial charge on any atom is -0.265 e. The van der Waals surface area contributed by atoms with Gasteiger partial charge in [-0.15, -0.1) is 0 Å². The van der Waals surface area contributed by atoms with Crippen LogP contribution < -0.4 is 4.72 Å². The van der Waals surface area contributed by atoms with Crippen molar-refractivity contribution in [3.63, 3.8) is 0 Å². The normalized spacial score (nSPS) is 11.5. The smallest absolute Gasteiger partial charge is 0.242 e. The second-order valence-electron chi connectivity index (χ2n) is 7.42. The van der Waals surface area contributed by atoms with Gasteiger partial charge in [-0.1, -0.05) is 12.1 Å². The molecule has 0 saturated heterocycles. The molecule has 0 fully saturated rings. The highest BCUT2D eigenvalue weighted by Gasteiger charge is 2.16. The monoisotopic (exact) mass is 453 g/mol. The van der Waals surface area contributed by atoms with Gasteiger partial charge in [-0.3, -0.25) is 19.9 Å². The van der Waals surface area contributed by atoms with E-state index in [4.69, 9.17) is 0 Å². The summed E-state index contributed by atoms with van der Waals surface area (Å²) >= 11 is 0. The number of pyridine rings is 4. The predicted molar refractivity (Wildman–Crippen MR) is 126 cm³/mol. The number of nitrogens with one attached hydrogen (secondary N) is 1. The molecule has 33 heavy (non-hydrogen) atoms. The molecule has 4 aromatic heterocycles. The molecule has 5 rings (SSSR count). The van der Waals surface area contributed by atoms with Crippen LogP contribution in [-0.2, 0) is 16.6 Å². The van der Waals surface area contributed by atoms with E-state index in [2.05, 4.69) is 24.7 Å². The quantitative estimate of drug-likeness (QED) is 0.413. The highest BCUT2D eigenvalue weighted by atomic mass is 32.2. The van der Waals surface area contributed by atoms with Crippen LogP contribution >= 0.6 is 0 Å². The fraction of sp³-hybridized carbons (Fsp3) is 0.0400. The predicted octanol–water partition coefficient (Wildman–Crippen LogP) is 4.23. The summed E-state index contributed by atoms with van der Waals surface area (Å²) < 4.78 is 28.3. The molecule has 0 unspecified atom stereocenters. The fourth-order valence-electron chi connectivity index (χ4n) is 3.60. The third-order valence-corrected chi connectivity index (χ3v) is 6.65. The number of sulfonamides is 1. The first-order valence-corrected chi connectivity index (χ1v) is 11.7. The van der Waals surface area contributed by atoms with Crippen molar-refractivity contribution in [2.75, 3.05) is 0 Å². The molecule has 0 aliphatic heterocycles. The molecular formula is C25H19N5O2S. The zero-order valence-corrected chi connectivity index (χ0v) is 18.3. The molecule has 0 amide bonds. The Labute approximate surface area is 191 Å². The summed E-state index contributed by atoms with van der Waals surface area (Å²) in [5.41, 5.74) is 5.23. The number of benzene rings is 1. The Balaban J connectivity index is 1.50. The highest BCUT2D eigenvalue weighted by molar-refractivity contribution is 7.89. The van der Waals surface area contributed by atoms with Crippen LogP contribution in [-0.4, -0.2) is 28.4 Å². The molecule has 8 heteroatoms. The Morgan fingerprint density at radius 2 is 1.61 bits per heavy atom. The van der Waals surface area contributed by atoms with Gasteiger partial charge in [-0.2, -0.15) is 0 Å². The van der Waals surface area contributed by atoms with Gasteiger partial charge in [0.05, 0.1) is 5.52 Å². The van der Waals surface area contributed by atoms with Crippen molar-refractivity contribution in [1.29, 1.82) is 0 Å². The van der Waals surface area contributed by atoms with Crippen molar-refractivity contribution in [3.05, 3.63) is 104 Å². The topological polar surface area (TPSA) is 97.7 Å². The Morgan fingerprint density at radius 1 is 0.727 bits per heavy atom. The van der Waals surface area contributed by atoms with E-state index in [1.807, 2.05) is 42.5 Å². The molecule has 7 nitrogen and oxygen atoms in total. The van der Waals surface area contributed by atoms with Gasteiger partial charge in [-0.25, -0.2) is 13.1 Å². The summed E-state index contributed by atoms with van der Waals surface area (Å²) in [6.07, 6.45) is 11.6. The van der Waals surface area contributed by atoms with Gasteiger partial charge in [0.2, 0.25) is 10.0 Å². The summed E-state index contributed by atoms with van der Waals surface area (Å²) in [4.78, 5) is 16.9. The standard InChI is InChI=1S/C25H19N5O2S/c31-33(32,30-15-18-2-1-8-27-14-18)22-12-21(16-28-17-22)20-3-4-25-24(13-20)23(7-11-29-25)19-5-9-26-10-6-19/h1-14,16-17,30H,15H2. The first kappa shape index (κ1) is 20.9. The zero-order valence-electron chi connectivity index (χ0n) is 17.5. The number of aromatic nitrogens is 4. The Morgan fingerprint density at radius 3 is 2.42 bits per heavy atom. The van der Waals surface area contributed by atoms with Crippen molar-refractivity contribution in [1.82, 2.24) is 24.7 Å². The number of hydrogen-bond donors (Lipinski definition) is 1. The molecule has 4 heterocycles. The zero-order chi connectivity index (χ0) is 22.7. The highest BCUT2D eigenvalue weighted by Crippen LogP contribution is 2.31. The lowest BCUT2D eigenvalue weighted by Crippen LogP contribution is -2.23. The SMILES string of the molecule is O=S(=O)(NCc1cccnc1)c1cncc(-c2ccc3nccc(-c4ccncc4)c3c2)c1. The van der Waals surface area contributed by atoms with E-state index in [1.165, 1.54) is 6.20 Å². The van der Waals surface area contributed by atoms with Gasteiger partial charge in [0.1, 0.15) is 4.90 Å². The maximum atomic E-state index is 12.9. The third kappa shape index (κ3) is 4.48. The summed E-state index contributed by atoms with van der Waals surface area (Å²) in [6.45, 7) is 0.150. The van der Waals surface area contributed by atoms with Crippen molar-refractivity contribution >= 4 is 20.9 Å². The Bertz CT molecular complexity index is 1530. The van der Waals surface area contributed by atoms with Crippen LogP contribution in [0.15, 0.2) is 103 Å². The van der Waals surface area contributed by atoms with Gasteiger partial charge in [-0.05, 0) is 64.7 Å². The average Bonchev–Trinajstić information content (AvgIpc) is 2.88. The summed E-state index contributed by atoms with van der Waals surface area (Å²) in [7, 11) is -3.74. The molecular weight excluding hydrogens is 434 g/mol. The van der Waals surface area contributed by atoms with Gasteiger partial charge in [0.15, 0.2) is 0 Å². The van der Waals surface area contributed by atoms with E-state index in [9.17, 15) is 8.42 Å². The molecule has 0 radical (unpaired) electrons. The molecule has 0 aliphatic carbocycles. The van der Waals surface area contributed by atoms with Crippen LogP contribution in [0.25, 0.3) is 33.2 Å². The van der Waals surface area contributed by atoms with Crippen LogP contribution in [0.1, 0.15) is 5.56 Å². The molecule has 1 N–H and O–H groups in total. The van der Waals surface area contributed by atoms with E-state index in [1.54, 1.807) is 49.3 Å². The first-order chi connectivity index (χ1) is 16.1. The Hall–Kier alpha value is -4.01. The van der Waals surface area contributed by atoms with Gasteiger partial charge < -0.3 is 0 Å². The fourth-order valence-corrected chi connectivity index (χ4v) is 4.60. The van der Waals surface area contributed by atoms with Gasteiger partial charge in [0, 0.05) is 60.9 Å². The summed E-state index contributed by atoms with van der Waals surface area (Å²) in [5.74, 6) is 0. The second-order valence-corrected chi connectivity index (χ2v) is 9.19. The van der Waals surface area contributed by atoms with Gasteiger partial charge in [0.25, 0.3) is 0 Å². The van der Waals surface area contributed by atoms with Gasteiger partial charge >= 0.3 is 0 Å². The average molecular weight is 454 g/mol. The molecule has 162 valence electrons. The van der Waals surface area contributed by atoms with Crippen molar-refractivity contribution in [2.45, 2.75) is 11.4 Å². The lowest BCUT2D eigenvalue weighted by atomic mass is 9.98. The van der Waals surface area contributed by atoms with Crippen molar-refractivity contribution < 1.29 is 8.42 Å². The number of rotatable bonds is 6. The lowest BCUT2D eigenvalue weighted by molar-refractivity contribution is 0.581. The molecule has 0 aliphatic rings. The van der Waals surface area contributed by atoms with E-state index < -0.39 is 10.0 Å². The second kappa shape index (κ2) is 8.85. The van der Waals surface area contributed by atoms with E-state index in [-0.39, 0.29) is 11.4 Å². The van der Waals surface area contributed by atoms with E-state index in [0.29, 0.717) is 5.56 Å². The van der Waals surface area contributed by atoms with Crippen LogP contribution in [0.3, 0.4) is 0 Å². The first-order valence-electron chi connectivity index (χ1n) is 10.2.